The zero-order chi connectivity index (χ0) is 23.9. The van der Waals surface area contributed by atoms with Crippen molar-refractivity contribution in [2.75, 3.05) is 13.1 Å². The lowest BCUT2D eigenvalue weighted by molar-refractivity contribution is -0.159. The molecule has 7 nitrogen and oxygen atoms in total. The van der Waals surface area contributed by atoms with E-state index in [1.165, 1.54) is 0 Å². The fraction of sp³-hybridized carbons (Fsp3) is 0.400. The molecule has 0 spiro atoms. The number of aromatic nitrogens is 1. The van der Waals surface area contributed by atoms with Gasteiger partial charge in [0, 0.05) is 23.1 Å². The van der Waals surface area contributed by atoms with E-state index in [1.54, 1.807) is 6.07 Å². The summed E-state index contributed by atoms with van der Waals surface area (Å²) in [6, 6.07) is 9.21. The molecule has 1 N–H and O–H groups in total. The normalized spacial score (nSPS) is 16.9. The van der Waals surface area contributed by atoms with Crippen LogP contribution in [0.25, 0.3) is 22.6 Å². The molecule has 174 valence electrons. The predicted molar refractivity (Wildman–Crippen MR) is 128 cm³/mol. The highest BCUT2D eigenvalue weighted by Crippen LogP contribution is 2.33. The number of benzene rings is 2. The summed E-state index contributed by atoms with van der Waals surface area (Å²) in [6.45, 7) is 9.38. The van der Waals surface area contributed by atoms with Crippen LogP contribution in [0.5, 0.6) is 0 Å². The minimum atomic E-state index is -1.07. The minimum Gasteiger partial charge on any atom is -0.478 e. The lowest BCUT2D eigenvalue weighted by atomic mass is 10.1. The van der Waals surface area contributed by atoms with E-state index in [2.05, 4.69) is 25.8 Å². The molecule has 1 atom stereocenters. The number of fused-ring (bicyclic) bond motifs is 1. The molecule has 1 unspecified atom stereocenters. The van der Waals surface area contributed by atoms with Crippen molar-refractivity contribution in [3.8, 4) is 11.5 Å². The van der Waals surface area contributed by atoms with Gasteiger partial charge in [0.1, 0.15) is 16.7 Å². The molecule has 1 aliphatic heterocycles. The van der Waals surface area contributed by atoms with Crippen LogP contribution in [0.4, 0.5) is 0 Å². The molecule has 1 aromatic heterocycles. The summed E-state index contributed by atoms with van der Waals surface area (Å²) in [7, 11) is 0. The van der Waals surface area contributed by atoms with Crippen molar-refractivity contribution in [1.29, 1.82) is 0 Å². The number of likely N-dealkylation sites (tertiary alicyclic amines) is 1. The third-order valence-corrected chi connectivity index (χ3v) is 6.56. The van der Waals surface area contributed by atoms with Crippen LogP contribution < -0.4 is 0 Å². The Morgan fingerprint density at radius 1 is 1.30 bits per heavy atom. The molecule has 3 aromatic rings. The number of halogens is 1. The molecule has 0 aliphatic carbocycles. The highest BCUT2D eigenvalue weighted by molar-refractivity contribution is 9.10. The summed E-state index contributed by atoms with van der Waals surface area (Å²) in [5, 5.41) is 9.80. The zero-order valence-electron chi connectivity index (χ0n) is 19.1. The molecular weight excluding hydrogens is 488 g/mol. The second kappa shape index (κ2) is 8.91. The van der Waals surface area contributed by atoms with Gasteiger partial charge in [0.25, 0.3) is 0 Å². The molecule has 1 saturated heterocycles. The highest BCUT2D eigenvalue weighted by Gasteiger charge is 2.32. The Morgan fingerprint density at radius 2 is 2.06 bits per heavy atom. The summed E-state index contributed by atoms with van der Waals surface area (Å²) in [4.78, 5) is 31.1. The molecule has 0 bridgehead atoms. The third-order valence-electron chi connectivity index (χ3n) is 5.70. The number of nitrogens with zero attached hydrogens (tertiary/aromatic N) is 2. The van der Waals surface area contributed by atoms with Gasteiger partial charge in [-0.1, -0.05) is 22.0 Å². The van der Waals surface area contributed by atoms with E-state index in [9.17, 15) is 14.7 Å². The first-order valence-electron chi connectivity index (χ1n) is 10.9. The van der Waals surface area contributed by atoms with Crippen LogP contribution in [0.1, 0.15) is 48.7 Å². The number of rotatable bonds is 5. The molecule has 33 heavy (non-hydrogen) atoms. The van der Waals surface area contributed by atoms with E-state index in [4.69, 9.17) is 9.15 Å². The molecule has 0 saturated carbocycles. The van der Waals surface area contributed by atoms with Crippen molar-refractivity contribution >= 4 is 39.0 Å². The largest absolute Gasteiger partial charge is 0.478 e. The fourth-order valence-electron chi connectivity index (χ4n) is 4.11. The maximum absolute atomic E-state index is 12.4. The van der Waals surface area contributed by atoms with Gasteiger partial charge in [-0.15, -0.1) is 0 Å². The van der Waals surface area contributed by atoms with Gasteiger partial charge in [0.15, 0.2) is 5.58 Å². The third kappa shape index (κ3) is 5.12. The monoisotopic (exact) mass is 514 g/mol. The molecule has 2 aromatic carbocycles. The average Bonchev–Trinajstić information content (AvgIpc) is 3.35. The number of carboxylic acid groups (broad SMARTS) is 1. The average molecular weight is 515 g/mol. The van der Waals surface area contributed by atoms with Crippen LogP contribution in [0.3, 0.4) is 0 Å². The van der Waals surface area contributed by atoms with Crippen LogP contribution in [-0.2, 0) is 16.1 Å². The van der Waals surface area contributed by atoms with Crippen molar-refractivity contribution in [3.05, 3.63) is 51.5 Å². The molecular formula is C25H27BrN2O5. The number of carbonyl (C=O) groups is 2. The number of ether oxygens (including phenoxy) is 1. The van der Waals surface area contributed by atoms with Gasteiger partial charge in [-0.3, -0.25) is 9.69 Å². The van der Waals surface area contributed by atoms with Crippen molar-refractivity contribution < 1.29 is 23.8 Å². The SMILES string of the molecule is Cc1c(Br)cccc1-c1nc2cc(CN3CCC(C(=O)OC(C)(C)C)C3)cc(C(=O)O)c2o1. The van der Waals surface area contributed by atoms with Crippen LogP contribution in [0.2, 0.25) is 0 Å². The van der Waals surface area contributed by atoms with Crippen molar-refractivity contribution in [2.45, 2.75) is 46.3 Å². The van der Waals surface area contributed by atoms with Crippen molar-refractivity contribution in [1.82, 2.24) is 9.88 Å². The smallest absolute Gasteiger partial charge is 0.339 e. The summed E-state index contributed by atoms with van der Waals surface area (Å²) in [6.07, 6.45) is 0.721. The Labute approximate surface area is 200 Å². The van der Waals surface area contributed by atoms with E-state index in [1.807, 2.05) is 52.0 Å². The van der Waals surface area contributed by atoms with Crippen molar-refractivity contribution in [2.24, 2.45) is 5.92 Å². The number of carbonyl (C=O) groups excluding carboxylic acids is 1. The van der Waals surface area contributed by atoms with E-state index < -0.39 is 11.6 Å². The Hall–Kier alpha value is -2.71. The maximum Gasteiger partial charge on any atom is 0.339 e. The first kappa shape index (κ1) is 23.4. The van der Waals surface area contributed by atoms with Crippen LogP contribution in [0.15, 0.2) is 39.2 Å². The maximum atomic E-state index is 12.4. The van der Waals surface area contributed by atoms with Crippen LogP contribution in [0, 0.1) is 12.8 Å². The molecule has 8 heteroatoms. The van der Waals surface area contributed by atoms with Gasteiger partial charge in [-0.05, 0) is 76.1 Å². The van der Waals surface area contributed by atoms with Crippen LogP contribution in [-0.4, -0.2) is 45.6 Å². The molecule has 1 aliphatic rings. The molecule has 0 amide bonds. The van der Waals surface area contributed by atoms with E-state index >= 15 is 0 Å². The van der Waals surface area contributed by atoms with Gasteiger partial charge >= 0.3 is 11.9 Å². The summed E-state index contributed by atoms with van der Waals surface area (Å²) in [5.41, 5.74) is 2.91. The van der Waals surface area contributed by atoms with Gasteiger partial charge in [-0.2, -0.15) is 0 Å². The fourth-order valence-corrected chi connectivity index (χ4v) is 4.47. The number of carboxylic acids is 1. The number of oxazole rings is 1. The standard InChI is InChI=1S/C25H27BrN2O5/c1-14-17(6-5-7-19(14)26)22-27-20-11-15(10-18(23(29)30)21(20)32-22)12-28-9-8-16(13-28)24(31)33-25(2,3)4/h5-7,10-11,16H,8-9,12-13H2,1-4H3,(H,29,30). The van der Waals surface area contributed by atoms with Gasteiger partial charge < -0.3 is 14.3 Å². The second-order valence-corrected chi connectivity index (χ2v) is 10.3. The van der Waals surface area contributed by atoms with Gasteiger partial charge in [-0.25, -0.2) is 9.78 Å². The Balaban J connectivity index is 1.60. The topological polar surface area (TPSA) is 92.9 Å². The Morgan fingerprint density at radius 3 is 2.76 bits per heavy atom. The number of aromatic carboxylic acids is 1. The minimum absolute atomic E-state index is 0.0804. The summed E-state index contributed by atoms with van der Waals surface area (Å²) >= 11 is 3.51. The van der Waals surface area contributed by atoms with Crippen LogP contribution >= 0.6 is 15.9 Å². The summed E-state index contributed by atoms with van der Waals surface area (Å²) in [5.74, 6) is -1.04. The summed E-state index contributed by atoms with van der Waals surface area (Å²) < 4.78 is 12.4. The van der Waals surface area contributed by atoms with Crippen molar-refractivity contribution in [3.63, 3.8) is 0 Å². The van der Waals surface area contributed by atoms with E-state index in [-0.39, 0.29) is 23.0 Å². The lowest BCUT2D eigenvalue weighted by Gasteiger charge is -2.22. The molecule has 0 radical (unpaired) electrons. The lowest BCUT2D eigenvalue weighted by Crippen LogP contribution is -2.30. The Bertz CT molecular complexity index is 1230. The number of esters is 1. The quantitative estimate of drug-likeness (QED) is 0.453. The number of hydrogen-bond acceptors (Lipinski definition) is 6. The Kier molecular flexibility index (Phi) is 6.33. The number of hydrogen-bond donors (Lipinski definition) is 1. The highest BCUT2D eigenvalue weighted by atomic mass is 79.9. The molecule has 2 heterocycles. The predicted octanol–water partition coefficient (Wildman–Crippen LogP) is 5.43. The van der Waals surface area contributed by atoms with Gasteiger partial charge in [0.2, 0.25) is 5.89 Å². The zero-order valence-corrected chi connectivity index (χ0v) is 20.7. The molecule has 4 rings (SSSR count). The van der Waals surface area contributed by atoms with E-state index in [0.717, 1.165) is 34.1 Å². The van der Waals surface area contributed by atoms with E-state index in [0.29, 0.717) is 24.5 Å². The first-order chi connectivity index (χ1) is 15.5. The molecule has 1 fully saturated rings. The second-order valence-electron chi connectivity index (χ2n) is 9.48. The van der Waals surface area contributed by atoms with Gasteiger partial charge in [0.05, 0.1) is 5.92 Å². The first-order valence-corrected chi connectivity index (χ1v) is 11.7.